The summed E-state index contributed by atoms with van der Waals surface area (Å²) in [7, 11) is 0. The molecule has 13 nitrogen and oxygen atoms in total. The number of fused-ring (bicyclic) bond motifs is 5. The maximum Gasteiger partial charge on any atom is 0.407 e. The summed E-state index contributed by atoms with van der Waals surface area (Å²) >= 11 is 0. The molecule has 3 N–H and O–H groups in total. The molecule has 2 saturated heterocycles. The van der Waals surface area contributed by atoms with E-state index in [0.717, 1.165) is 4.90 Å². The number of imide groups is 1. The van der Waals surface area contributed by atoms with E-state index in [9.17, 15) is 24.0 Å². The van der Waals surface area contributed by atoms with Gasteiger partial charge in [-0.3, -0.25) is 14.5 Å². The Kier molecular flexibility index (Phi) is 8.50. The molecule has 3 rings (SSSR count). The first-order valence-electron chi connectivity index (χ1n) is 13.3. The van der Waals surface area contributed by atoms with Gasteiger partial charge >= 0.3 is 18.3 Å². The zero-order valence-corrected chi connectivity index (χ0v) is 24.7. The van der Waals surface area contributed by atoms with Gasteiger partial charge in [0.25, 0.3) is 0 Å². The molecular weight excluding hydrogens is 524 g/mol. The van der Waals surface area contributed by atoms with Gasteiger partial charge in [-0.2, -0.15) is 0 Å². The molecule has 13 heteroatoms. The summed E-state index contributed by atoms with van der Waals surface area (Å²) in [4.78, 5) is 66.7. The van der Waals surface area contributed by atoms with Gasteiger partial charge in [0.2, 0.25) is 11.8 Å². The lowest BCUT2D eigenvalue weighted by Crippen LogP contribution is -2.68. The van der Waals surface area contributed by atoms with Crippen LogP contribution in [0.1, 0.15) is 62.3 Å². The number of ether oxygens (including phenoxy) is 4. The molecular formula is C27H42N4O9. The fourth-order valence-corrected chi connectivity index (χ4v) is 4.85. The molecule has 2 bridgehead atoms. The quantitative estimate of drug-likeness (QED) is 0.238. The topological polar surface area (TPSA) is 162 Å². The standard InChI is InChI=1S/C27H42N4O9/c1-24(2,3)38-21(34)28-12-27(13-29-22(35)39-25(4,5)6,14-30-23(36)40-26(7,8)9)31-19(32)17-15-10-11-16(37-15)18(17)20(31)33/h10-11,15-18H,12-14H2,1-9H3,(H,28,34)(H,29,35)(H,30,36)/t15-,16-,17-,18+/m1/s1. The van der Waals surface area contributed by atoms with Gasteiger partial charge in [-0.25, -0.2) is 14.4 Å². The molecule has 3 heterocycles. The third-order valence-electron chi connectivity index (χ3n) is 6.27. The van der Waals surface area contributed by atoms with Crippen LogP contribution in [0.5, 0.6) is 0 Å². The number of carbonyl (C=O) groups excluding carboxylic acids is 5. The second-order valence-electron chi connectivity index (χ2n) is 13.3. The molecule has 5 amide bonds. The average Bonchev–Trinajstić information content (AvgIpc) is 3.44. The zero-order chi connectivity index (χ0) is 30.3. The highest BCUT2D eigenvalue weighted by Gasteiger charge is 2.64. The van der Waals surface area contributed by atoms with Gasteiger partial charge in [0.1, 0.15) is 22.3 Å². The fourth-order valence-electron chi connectivity index (χ4n) is 4.85. The molecule has 0 unspecified atom stereocenters. The predicted octanol–water partition coefficient (Wildman–Crippen LogP) is 2.24. The molecule has 0 radical (unpaired) electrons. The number of nitrogens with one attached hydrogen (secondary N) is 3. The number of nitrogens with zero attached hydrogens (tertiary/aromatic N) is 1. The SMILES string of the molecule is CC(C)(C)OC(=O)NCC(CNC(=O)OC(C)(C)C)(CNC(=O)OC(C)(C)C)N1C(=O)[C@@H]2[C@H](C1=O)[C@H]1C=C[C@H]2O1. The summed E-state index contributed by atoms with van der Waals surface area (Å²) in [5, 5.41) is 7.82. The highest BCUT2D eigenvalue weighted by atomic mass is 16.6. The van der Waals surface area contributed by atoms with Gasteiger partial charge in [-0.05, 0) is 62.3 Å². The van der Waals surface area contributed by atoms with Crippen molar-refractivity contribution in [2.45, 2.75) is 96.9 Å². The van der Waals surface area contributed by atoms with Gasteiger partial charge < -0.3 is 34.9 Å². The Morgan fingerprint density at radius 3 is 1.25 bits per heavy atom. The van der Waals surface area contributed by atoms with Gasteiger partial charge in [0.15, 0.2) is 0 Å². The lowest BCUT2D eigenvalue weighted by Gasteiger charge is -2.41. The van der Waals surface area contributed by atoms with Crippen LogP contribution in [-0.2, 0) is 28.5 Å². The normalized spacial score (nSPS) is 24.1. The minimum Gasteiger partial charge on any atom is -0.444 e. The predicted molar refractivity (Wildman–Crippen MR) is 142 cm³/mol. The Bertz CT molecular complexity index is 959. The first kappa shape index (κ1) is 31.2. The third kappa shape index (κ3) is 7.43. The third-order valence-corrected chi connectivity index (χ3v) is 6.27. The molecule has 0 aliphatic carbocycles. The Hall–Kier alpha value is -3.35. The second kappa shape index (κ2) is 10.9. The Morgan fingerprint density at radius 2 is 0.975 bits per heavy atom. The van der Waals surface area contributed by atoms with E-state index in [1.807, 2.05) is 0 Å². The van der Waals surface area contributed by atoms with Crippen molar-refractivity contribution in [3.63, 3.8) is 0 Å². The first-order chi connectivity index (χ1) is 18.2. The lowest BCUT2D eigenvalue weighted by molar-refractivity contribution is -0.149. The molecule has 2 fully saturated rings. The van der Waals surface area contributed by atoms with Crippen LogP contribution in [0.15, 0.2) is 12.2 Å². The summed E-state index contributed by atoms with van der Waals surface area (Å²) in [5.41, 5.74) is -4.12. The van der Waals surface area contributed by atoms with Crippen molar-refractivity contribution in [2.24, 2.45) is 11.8 Å². The highest BCUT2D eigenvalue weighted by molar-refractivity contribution is 6.07. The summed E-state index contributed by atoms with van der Waals surface area (Å²) in [5.74, 6) is -2.58. The van der Waals surface area contributed by atoms with Crippen molar-refractivity contribution in [2.75, 3.05) is 19.6 Å². The van der Waals surface area contributed by atoms with Crippen LogP contribution < -0.4 is 16.0 Å². The van der Waals surface area contributed by atoms with Crippen LogP contribution >= 0.6 is 0 Å². The van der Waals surface area contributed by atoms with E-state index in [4.69, 9.17) is 18.9 Å². The number of likely N-dealkylation sites (tertiary alicyclic amines) is 1. The molecule has 3 aliphatic heterocycles. The van der Waals surface area contributed by atoms with Crippen molar-refractivity contribution in [3.8, 4) is 0 Å². The fraction of sp³-hybridized carbons (Fsp3) is 0.741. The van der Waals surface area contributed by atoms with Gasteiger partial charge in [0.05, 0.1) is 24.0 Å². The molecule has 0 saturated carbocycles. The van der Waals surface area contributed by atoms with Crippen LogP contribution in [0.2, 0.25) is 0 Å². The maximum absolute atomic E-state index is 13.8. The van der Waals surface area contributed by atoms with Crippen LogP contribution in [0.4, 0.5) is 14.4 Å². The van der Waals surface area contributed by atoms with Gasteiger partial charge in [0, 0.05) is 19.6 Å². The first-order valence-corrected chi connectivity index (χ1v) is 13.3. The van der Waals surface area contributed by atoms with E-state index < -0.39 is 76.5 Å². The van der Waals surface area contributed by atoms with E-state index in [0.29, 0.717) is 0 Å². The largest absolute Gasteiger partial charge is 0.444 e. The van der Waals surface area contributed by atoms with E-state index in [2.05, 4.69) is 16.0 Å². The molecule has 0 aromatic carbocycles. The number of alkyl carbamates (subject to hydrolysis) is 3. The minimum absolute atomic E-state index is 0.353. The highest BCUT2D eigenvalue weighted by Crippen LogP contribution is 2.46. The van der Waals surface area contributed by atoms with E-state index >= 15 is 0 Å². The summed E-state index contributed by atoms with van der Waals surface area (Å²) in [6, 6.07) is 0. The Morgan fingerprint density at radius 1 is 0.675 bits per heavy atom. The van der Waals surface area contributed by atoms with Gasteiger partial charge in [-0.1, -0.05) is 12.2 Å². The van der Waals surface area contributed by atoms with Crippen LogP contribution in [0.25, 0.3) is 0 Å². The van der Waals surface area contributed by atoms with E-state index in [1.165, 1.54) is 0 Å². The lowest BCUT2D eigenvalue weighted by atomic mass is 9.85. The molecule has 40 heavy (non-hydrogen) atoms. The van der Waals surface area contributed by atoms with Crippen molar-refractivity contribution < 1.29 is 42.9 Å². The van der Waals surface area contributed by atoms with Crippen LogP contribution in [0, 0.1) is 11.8 Å². The number of hydrogen-bond acceptors (Lipinski definition) is 9. The monoisotopic (exact) mass is 566 g/mol. The molecule has 3 aliphatic rings. The van der Waals surface area contributed by atoms with Crippen molar-refractivity contribution in [1.29, 1.82) is 0 Å². The van der Waals surface area contributed by atoms with Crippen molar-refractivity contribution in [3.05, 3.63) is 12.2 Å². The second-order valence-corrected chi connectivity index (χ2v) is 13.3. The number of rotatable bonds is 7. The van der Waals surface area contributed by atoms with Crippen LogP contribution in [0.3, 0.4) is 0 Å². The van der Waals surface area contributed by atoms with Crippen LogP contribution in [-0.4, -0.2) is 89.2 Å². The number of amides is 5. The zero-order valence-electron chi connectivity index (χ0n) is 24.7. The van der Waals surface area contributed by atoms with Crippen molar-refractivity contribution >= 4 is 30.1 Å². The maximum atomic E-state index is 13.8. The summed E-state index contributed by atoms with van der Waals surface area (Å²) in [6.45, 7) is 14.1. The summed E-state index contributed by atoms with van der Waals surface area (Å²) in [6.07, 6.45) is -0.0589. The molecule has 0 aromatic rings. The average molecular weight is 567 g/mol. The number of hydrogen-bond donors (Lipinski definition) is 3. The smallest absolute Gasteiger partial charge is 0.407 e. The molecule has 224 valence electrons. The Labute approximate surface area is 234 Å². The molecule has 0 aromatic heterocycles. The molecule has 4 atom stereocenters. The molecule has 0 spiro atoms. The van der Waals surface area contributed by atoms with Gasteiger partial charge in [-0.15, -0.1) is 0 Å². The Balaban J connectivity index is 1.96. The van der Waals surface area contributed by atoms with Crippen molar-refractivity contribution in [1.82, 2.24) is 20.9 Å². The minimum atomic E-state index is -1.65. The number of carbonyl (C=O) groups is 5. The van der Waals surface area contributed by atoms with E-state index in [-0.39, 0.29) is 19.6 Å². The summed E-state index contributed by atoms with van der Waals surface area (Å²) < 4.78 is 21.8. The van der Waals surface area contributed by atoms with E-state index in [1.54, 1.807) is 74.5 Å².